The molecule has 0 aliphatic heterocycles. The average Bonchev–Trinajstić information content (AvgIpc) is 2.78. The lowest BCUT2D eigenvalue weighted by Crippen LogP contribution is -2.22. The number of fused-ring (bicyclic) bond motifs is 1. The van der Waals surface area contributed by atoms with Gasteiger partial charge in [-0.1, -0.05) is 18.2 Å². The number of likely N-dealkylation sites (N-methyl/N-ethyl adjacent to an activating group) is 1. The number of amides is 1. The van der Waals surface area contributed by atoms with Gasteiger partial charge in [-0.2, -0.15) is 5.26 Å². The summed E-state index contributed by atoms with van der Waals surface area (Å²) in [5.74, 6) is -0.289. The summed E-state index contributed by atoms with van der Waals surface area (Å²) in [6.07, 6.45) is 3.41. The number of aromatic amines is 1. The van der Waals surface area contributed by atoms with Gasteiger partial charge in [-0.25, -0.2) is 0 Å². The van der Waals surface area contributed by atoms with Crippen LogP contribution in [0.25, 0.3) is 17.0 Å². The summed E-state index contributed by atoms with van der Waals surface area (Å²) in [5, 5.41) is 10.0. The third-order valence-corrected chi connectivity index (χ3v) is 2.68. The average molecular weight is 239 g/mol. The molecular formula is C14H13N3O. The van der Waals surface area contributed by atoms with Crippen molar-refractivity contribution in [3.05, 3.63) is 41.6 Å². The Morgan fingerprint density at radius 3 is 2.78 bits per heavy atom. The molecule has 0 aliphatic rings. The summed E-state index contributed by atoms with van der Waals surface area (Å²) < 4.78 is 0. The number of carbonyl (C=O) groups excluding carboxylic acids is 1. The van der Waals surface area contributed by atoms with Gasteiger partial charge in [-0.15, -0.1) is 0 Å². The van der Waals surface area contributed by atoms with Gasteiger partial charge in [0.1, 0.15) is 11.6 Å². The van der Waals surface area contributed by atoms with Gasteiger partial charge in [0, 0.05) is 36.8 Å². The molecule has 2 rings (SSSR count). The summed E-state index contributed by atoms with van der Waals surface area (Å²) in [5.41, 5.74) is 1.96. The first-order valence-electron chi connectivity index (χ1n) is 5.53. The monoisotopic (exact) mass is 239 g/mol. The number of H-pyrrole nitrogens is 1. The number of para-hydroxylation sites is 1. The summed E-state index contributed by atoms with van der Waals surface area (Å²) in [6.45, 7) is 0. The molecule has 90 valence electrons. The number of hydrogen-bond donors (Lipinski definition) is 1. The minimum atomic E-state index is -0.289. The van der Waals surface area contributed by atoms with Crippen molar-refractivity contribution in [2.24, 2.45) is 0 Å². The fraction of sp³-hybridized carbons (Fsp3) is 0.143. The molecule has 18 heavy (non-hydrogen) atoms. The van der Waals surface area contributed by atoms with Crippen molar-refractivity contribution in [3.8, 4) is 6.07 Å². The Morgan fingerprint density at radius 2 is 2.11 bits per heavy atom. The van der Waals surface area contributed by atoms with Crippen molar-refractivity contribution in [2.75, 3.05) is 14.1 Å². The van der Waals surface area contributed by atoms with Crippen molar-refractivity contribution >= 4 is 22.9 Å². The van der Waals surface area contributed by atoms with Crippen molar-refractivity contribution in [2.45, 2.75) is 0 Å². The second kappa shape index (κ2) is 4.76. The van der Waals surface area contributed by atoms with E-state index < -0.39 is 0 Å². The Morgan fingerprint density at radius 1 is 1.39 bits per heavy atom. The molecule has 0 saturated carbocycles. The largest absolute Gasteiger partial charge is 0.361 e. The van der Waals surface area contributed by atoms with Crippen LogP contribution in [0.15, 0.2) is 36.0 Å². The van der Waals surface area contributed by atoms with Crippen LogP contribution in [0.4, 0.5) is 0 Å². The molecule has 2 aromatic rings. The number of rotatable bonds is 2. The van der Waals surface area contributed by atoms with Crippen LogP contribution in [-0.4, -0.2) is 29.9 Å². The van der Waals surface area contributed by atoms with E-state index in [-0.39, 0.29) is 11.5 Å². The van der Waals surface area contributed by atoms with Crippen molar-refractivity contribution in [3.63, 3.8) is 0 Å². The zero-order valence-electron chi connectivity index (χ0n) is 10.3. The second-order valence-corrected chi connectivity index (χ2v) is 4.16. The van der Waals surface area contributed by atoms with E-state index in [2.05, 4.69) is 4.98 Å². The number of nitrogens with zero attached hydrogens (tertiary/aromatic N) is 2. The zero-order chi connectivity index (χ0) is 13.1. The van der Waals surface area contributed by atoms with Crippen LogP contribution in [0.5, 0.6) is 0 Å². The molecule has 1 aromatic carbocycles. The number of benzene rings is 1. The summed E-state index contributed by atoms with van der Waals surface area (Å²) >= 11 is 0. The minimum Gasteiger partial charge on any atom is -0.361 e. The molecule has 0 radical (unpaired) electrons. The van der Waals surface area contributed by atoms with Gasteiger partial charge in [0.15, 0.2) is 0 Å². The van der Waals surface area contributed by atoms with E-state index in [0.29, 0.717) is 0 Å². The van der Waals surface area contributed by atoms with Crippen LogP contribution in [0, 0.1) is 11.3 Å². The number of nitriles is 1. The van der Waals surface area contributed by atoms with Crippen molar-refractivity contribution in [1.82, 2.24) is 9.88 Å². The standard InChI is InChI=1S/C14H13N3O/c1-17(2)14(18)10(8-15)7-11-9-16-13-6-4-3-5-12(11)13/h3-7,9,16H,1-2H3/b10-7-. The maximum atomic E-state index is 11.8. The Hall–Kier alpha value is -2.54. The molecule has 0 atom stereocenters. The predicted octanol–water partition coefficient (Wildman–Crippen LogP) is 2.16. The molecule has 0 bridgehead atoms. The number of carbonyl (C=O) groups is 1. The number of hydrogen-bond acceptors (Lipinski definition) is 2. The minimum absolute atomic E-state index is 0.129. The first-order valence-corrected chi connectivity index (χ1v) is 5.53. The molecule has 4 nitrogen and oxygen atoms in total. The predicted molar refractivity (Wildman–Crippen MR) is 70.6 cm³/mol. The Labute approximate surface area is 105 Å². The van der Waals surface area contributed by atoms with Crippen LogP contribution in [0.2, 0.25) is 0 Å². The van der Waals surface area contributed by atoms with Crippen LogP contribution < -0.4 is 0 Å². The van der Waals surface area contributed by atoms with Gasteiger partial charge in [-0.05, 0) is 12.1 Å². The van der Waals surface area contributed by atoms with Gasteiger partial charge in [-0.3, -0.25) is 4.79 Å². The molecule has 0 saturated heterocycles. The van der Waals surface area contributed by atoms with Crippen molar-refractivity contribution < 1.29 is 4.79 Å². The van der Waals surface area contributed by atoms with E-state index in [1.807, 2.05) is 30.3 Å². The summed E-state index contributed by atoms with van der Waals surface area (Å²) in [4.78, 5) is 16.3. The Bertz CT molecular complexity index is 659. The zero-order valence-corrected chi connectivity index (χ0v) is 10.3. The van der Waals surface area contributed by atoms with E-state index in [0.717, 1.165) is 16.5 Å². The van der Waals surface area contributed by atoms with E-state index in [4.69, 9.17) is 5.26 Å². The first kappa shape index (κ1) is 11.9. The topological polar surface area (TPSA) is 59.9 Å². The third kappa shape index (κ3) is 2.11. The lowest BCUT2D eigenvalue weighted by atomic mass is 10.1. The quantitative estimate of drug-likeness (QED) is 0.645. The lowest BCUT2D eigenvalue weighted by molar-refractivity contribution is -0.124. The van der Waals surface area contributed by atoms with E-state index >= 15 is 0 Å². The van der Waals surface area contributed by atoms with E-state index in [1.165, 1.54) is 4.90 Å². The molecule has 0 fully saturated rings. The molecule has 1 heterocycles. The lowest BCUT2D eigenvalue weighted by Gasteiger charge is -2.08. The summed E-state index contributed by atoms with van der Waals surface area (Å²) in [7, 11) is 3.26. The van der Waals surface area contributed by atoms with Crippen LogP contribution >= 0.6 is 0 Å². The van der Waals surface area contributed by atoms with Gasteiger partial charge >= 0.3 is 0 Å². The van der Waals surface area contributed by atoms with Crippen LogP contribution in [0.3, 0.4) is 0 Å². The molecular weight excluding hydrogens is 226 g/mol. The maximum absolute atomic E-state index is 11.8. The highest BCUT2D eigenvalue weighted by Crippen LogP contribution is 2.20. The molecule has 0 aliphatic carbocycles. The highest BCUT2D eigenvalue weighted by molar-refractivity contribution is 6.03. The highest BCUT2D eigenvalue weighted by atomic mass is 16.2. The van der Waals surface area contributed by atoms with Crippen LogP contribution in [0.1, 0.15) is 5.56 Å². The van der Waals surface area contributed by atoms with Gasteiger partial charge in [0.05, 0.1) is 0 Å². The molecule has 1 amide bonds. The summed E-state index contributed by atoms with van der Waals surface area (Å²) in [6, 6.07) is 9.70. The van der Waals surface area contributed by atoms with Gasteiger partial charge in [0.25, 0.3) is 5.91 Å². The normalized spacial score (nSPS) is 11.3. The smallest absolute Gasteiger partial charge is 0.264 e. The van der Waals surface area contributed by atoms with Gasteiger partial charge in [0.2, 0.25) is 0 Å². The first-order chi connectivity index (χ1) is 8.63. The van der Waals surface area contributed by atoms with Crippen LogP contribution in [-0.2, 0) is 4.79 Å². The maximum Gasteiger partial charge on any atom is 0.264 e. The molecule has 0 unspecified atom stereocenters. The molecule has 1 aromatic heterocycles. The van der Waals surface area contributed by atoms with E-state index in [1.54, 1.807) is 26.4 Å². The molecule has 0 spiro atoms. The Kier molecular flexibility index (Phi) is 3.16. The van der Waals surface area contributed by atoms with Crippen molar-refractivity contribution in [1.29, 1.82) is 5.26 Å². The Balaban J connectivity index is 2.49. The third-order valence-electron chi connectivity index (χ3n) is 2.68. The number of aromatic nitrogens is 1. The number of nitrogens with one attached hydrogen (secondary N) is 1. The highest BCUT2D eigenvalue weighted by Gasteiger charge is 2.12. The second-order valence-electron chi connectivity index (χ2n) is 4.16. The fourth-order valence-electron chi connectivity index (χ4n) is 1.75. The molecule has 4 heteroatoms. The molecule has 1 N–H and O–H groups in total. The SMILES string of the molecule is CN(C)C(=O)/C(C#N)=C\c1c[nH]c2ccccc12. The fourth-order valence-corrected chi connectivity index (χ4v) is 1.75. The van der Waals surface area contributed by atoms with E-state index in [9.17, 15) is 4.79 Å². The van der Waals surface area contributed by atoms with Gasteiger partial charge < -0.3 is 9.88 Å².